The van der Waals surface area contributed by atoms with Crippen molar-refractivity contribution in [3.63, 3.8) is 0 Å². The van der Waals surface area contributed by atoms with E-state index in [9.17, 15) is 4.79 Å². The summed E-state index contributed by atoms with van der Waals surface area (Å²) in [6.07, 6.45) is 0.496. The molecule has 1 N–H and O–H groups in total. The third-order valence-corrected chi connectivity index (χ3v) is 2.30. The van der Waals surface area contributed by atoms with Gasteiger partial charge < -0.3 is 10.2 Å². The smallest absolute Gasteiger partial charge is 0.220 e. The Labute approximate surface area is 103 Å². The summed E-state index contributed by atoms with van der Waals surface area (Å²) in [4.78, 5) is 13.0. The predicted octanol–water partition coefficient (Wildman–Crippen LogP) is 1.63. The molecule has 17 heavy (non-hydrogen) atoms. The van der Waals surface area contributed by atoms with E-state index in [0.717, 1.165) is 11.3 Å². The van der Waals surface area contributed by atoms with Crippen molar-refractivity contribution in [2.24, 2.45) is 0 Å². The van der Waals surface area contributed by atoms with Gasteiger partial charge in [0.25, 0.3) is 0 Å². The minimum atomic E-state index is 0.0280. The van der Waals surface area contributed by atoms with Gasteiger partial charge in [-0.05, 0) is 12.1 Å². The van der Waals surface area contributed by atoms with Crippen LogP contribution >= 0.6 is 0 Å². The summed E-state index contributed by atoms with van der Waals surface area (Å²) in [5.41, 5.74) is 2.06. The van der Waals surface area contributed by atoms with Crippen molar-refractivity contribution in [3.05, 3.63) is 29.8 Å². The van der Waals surface area contributed by atoms with Gasteiger partial charge in [-0.3, -0.25) is 4.79 Å². The summed E-state index contributed by atoms with van der Waals surface area (Å²) in [6.45, 7) is 2.22. The third-order valence-electron chi connectivity index (χ3n) is 2.30. The van der Waals surface area contributed by atoms with E-state index in [4.69, 9.17) is 0 Å². The van der Waals surface area contributed by atoms with Crippen molar-refractivity contribution in [1.29, 1.82) is 0 Å². The number of nitrogens with zero attached hydrogens (tertiary/aromatic N) is 1. The summed E-state index contributed by atoms with van der Waals surface area (Å²) >= 11 is 0. The molecule has 0 fully saturated rings. The Morgan fingerprint density at radius 1 is 1.35 bits per heavy atom. The van der Waals surface area contributed by atoms with Crippen LogP contribution in [0.2, 0.25) is 0 Å². The highest BCUT2D eigenvalue weighted by Gasteiger charge is 1.99. The number of hydrogen-bond acceptors (Lipinski definition) is 2. The minimum absolute atomic E-state index is 0.0280. The Bertz CT molecular complexity index is 441. The van der Waals surface area contributed by atoms with Crippen LogP contribution in [0.1, 0.15) is 18.9 Å². The molecule has 0 unspecified atom stereocenters. The first kappa shape index (κ1) is 13.1. The molecule has 0 saturated heterocycles. The van der Waals surface area contributed by atoms with Crippen LogP contribution in [0, 0.1) is 11.8 Å². The highest BCUT2D eigenvalue weighted by Crippen LogP contribution is 2.16. The third kappa shape index (κ3) is 4.20. The summed E-state index contributed by atoms with van der Waals surface area (Å²) in [7, 11) is 3.97. The molecule has 0 aliphatic carbocycles. The lowest BCUT2D eigenvalue weighted by Gasteiger charge is -2.13. The fraction of sp³-hybridized carbons (Fsp3) is 0.357. The van der Waals surface area contributed by atoms with Crippen molar-refractivity contribution in [3.8, 4) is 11.8 Å². The monoisotopic (exact) mass is 230 g/mol. The van der Waals surface area contributed by atoms with E-state index in [0.29, 0.717) is 13.0 Å². The molecule has 0 bridgehead atoms. The standard InChI is InChI=1S/C14H18N2O/c1-4-14(17)15-11-7-9-12-8-5-6-10-13(12)16(2)3/h5-6,8,10H,4,11H2,1-3H3,(H,15,17). The van der Waals surface area contributed by atoms with Crippen LogP contribution in [0.5, 0.6) is 0 Å². The molecule has 1 rings (SSSR count). The van der Waals surface area contributed by atoms with Gasteiger partial charge >= 0.3 is 0 Å². The Hall–Kier alpha value is -1.95. The van der Waals surface area contributed by atoms with Crippen molar-refractivity contribution in [2.75, 3.05) is 25.5 Å². The van der Waals surface area contributed by atoms with Crippen LogP contribution in [0.25, 0.3) is 0 Å². The second kappa shape index (κ2) is 6.59. The van der Waals surface area contributed by atoms with Gasteiger partial charge in [-0.25, -0.2) is 0 Å². The number of anilines is 1. The zero-order valence-electron chi connectivity index (χ0n) is 10.6. The molecule has 0 heterocycles. The first-order valence-corrected chi connectivity index (χ1v) is 5.67. The van der Waals surface area contributed by atoms with Gasteiger partial charge in [0.15, 0.2) is 0 Å². The van der Waals surface area contributed by atoms with Gasteiger partial charge in [-0.15, -0.1) is 0 Å². The molecule has 3 nitrogen and oxygen atoms in total. The van der Waals surface area contributed by atoms with Gasteiger partial charge in [0.05, 0.1) is 12.2 Å². The number of para-hydroxylation sites is 1. The van der Waals surface area contributed by atoms with Crippen molar-refractivity contribution in [2.45, 2.75) is 13.3 Å². The fourth-order valence-electron chi connectivity index (χ4n) is 1.38. The van der Waals surface area contributed by atoms with Crippen molar-refractivity contribution < 1.29 is 4.79 Å². The lowest BCUT2D eigenvalue weighted by molar-refractivity contribution is -0.120. The minimum Gasteiger partial charge on any atom is -0.377 e. The summed E-state index contributed by atoms with van der Waals surface area (Å²) in [6, 6.07) is 7.94. The van der Waals surface area contributed by atoms with Crippen LogP contribution < -0.4 is 10.2 Å². The topological polar surface area (TPSA) is 32.3 Å². The Balaban J connectivity index is 2.68. The van der Waals surface area contributed by atoms with E-state index < -0.39 is 0 Å². The number of nitrogens with one attached hydrogen (secondary N) is 1. The van der Waals surface area contributed by atoms with E-state index in [-0.39, 0.29) is 5.91 Å². The Morgan fingerprint density at radius 2 is 2.06 bits per heavy atom. The largest absolute Gasteiger partial charge is 0.377 e. The van der Waals surface area contributed by atoms with E-state index in [1.807, 2.05) is 50.2 Å². The van der Waals surface area contributed by atoms with E-state index in [2.05, 4.69) is 17.2 Å². The molecule has 0 aliphatic rings. The summed E-state index contributed by atoms with van der Waals surface area (Å²) in [5, 5.41) is 2.73. The highest BCUT2D eigenvalue weighted by molar-refractivity contribution is 5.75. The maximum Gasteiger partial charge on any atom is 0.220 e. The normalized spacial score (nSPS) is 9.12. The van der Waals surface area contributed by atoms with Gasteiger partial charge in [0.1, 0.15) is 0 Å². The first-order chi connectivity index (χ1) is 8.15. The molecule has 0 atom stereocenters. The molecule has 90 valence electrons. The van der Waals surface area contributed by atoms with Gasteiger partial charge in [-0.2, -0.15) is 0 Å². The SMILES string of the molecule is CCC(=O)NCC#Cc1ccccc1N(C)C. The molecule has 0 aromatic heterocycles. The molecule has 3 heteroatoms. The maximum atomic E-state index is 11.0. The predicted molar refractivity (Wildman–Crippen MR) is 70.9 cm³/mol. The quantitative estimate of drug-likeness (QED) is 0.800. The second-order valence-corrected chi connectivity index (χ2v) is 3.84. The number of benzene rings is 1. The van der Waals surface area contributed by atoms with Crippen LogP contribution in [0.3, 0.4) is 0 Å². The number of carbonyl (C=O) groups is 1. The molecule has 0 spiro atoms. The molecule has 0 saturated carbocycles. The molecule has 1 aromatic carbocycles. The van der Waals surface area contributed by atoms with E-state index in [1.165, 1.54) is 0 Å². The highest BCUT2D eigenvalue weighted by atomic mass is 16.1. The molecule has 1 aromatic rings. The summed E-state index contributed by atoms with van der Waals surface area (Å²) < 4.78 is 0. The average Bonchev–Trinajstić information content (AvgIpc) is 2.34. The number of amides is 1. The van der Waals surface area contributed by atoms with Gasteiger partial charge in [0.2, 0.25) is 5.91 Å². The average molecular weight is 230 g/mol. The second-order valence-electron chi connectivity index (χ2n) is 3.84. The fourth-order valence-corrected chi connectivity index (χ4v) is 1.38. The van der Waals surface area contributed by atoms with E-state index >= 15 is 0 Å². The Morgan fingerprint density at radius 3 is 2.71 bits per heavy atom. The first-order valence-electron chi connectivity index (χ1n) is 5.67. The number of hydrogen-bond donors (Lipinski definition) is 1. The van der Waals surface area contributed by atoms with Crippen LogP contribution in [0.4, 0.5) is 5.69 Å². The van der Waals surface area contributed by atoms with Crippen LogP contribution in [-0.4, -0.2) is 26.5 Å². The van der Waals surface area contributed by atoms with E-state index in [1.54, 1.807) is 0 Å². The lowest BCUT2D eigenvalue weighted by Crippen LogP contribution is -2.22. The van der Waals surface area contributed by atoms with Crippen molar-refractivity contribution in [1.82, 2.24) is 5.32 Å². The molecular weight excluding hydrogens is 212 g/mol. The molecule has 0 aliphatic heterocycles. The molecule has 0 radical (unpaired) electrons. The van der Waals surface area contributed by atoms with Crippen molar-refractivity contribution >= 4 is 11.6 Å². The zero-order chi connectivity index (χ0) is 12.7. The van der Waals surface area contributed by atoms with Gasteiger partial charge in [0, 0.05) is 26.1 Å². The lowest BCUT2D eigenvalue weighted by atomic mass is 10.1. The van der Waals surface area contributed by atoms with Crippen LogP contribution in [-0.2, 0) is 4.79 Å². The molecular formula is C14H18N2O. The van der Waals surface area contributed by atoms with Gasteiger partial charge in [-0.1, -0.05) is 30.9 Å². The number of rotatable bonds is 3. The zero-order valence-corrected chi connectivity index (χ0v) is 10.6. The maximum absolute atomic E-state index is 11.0. The Kier molecular flexibility index (Phi) is 5.09. The molecule has 1 amide bonds. The van der Waals surface area contributed by atoms with Crippen LogP contribution in [0.15, 0.2) is 24.3 Å². The summed E-state index contributed by atoms with van der Waals surface area (Å²) in [5.74, 6) is 6.05. The number of carbonyl (C=O) groups excluding carboxylic acids is 1.